The first-order chi connectivity index (χ1) is 9.11. The molecule has 0 spiro atoms. The van der Waals surface area contributed by atoms with Crippen molar-refractivity contribution in [3.63, 3.8) is 0 Å². The molecule has 1 atom stereocenters. The van der Waals surface area contributed by atoms with Crippen molar-refractivity contribution in [2.24, 2.45) is 0 Å². The molecule has 0 saturated carbocycles. The summed E-state index contributed by atoms with van der Waals surface area (Å²) >= 11 is 0. The van der Waals surface area contributed by atoms with Crippen molar-refractivity contribution in [3.8, 4) is 17.1 Å². The Balaban J connectivity index is 2.22. The van der Waals surface area contributed by atoms with Crippen LogP contribution >= 0.6 is 0 Å². The first-order valence-electron chi connectivity index (χ1n) is 5.91. The predicted molar refractivity (Wildman–Crippen MR) is 67.8 cm³/mol. The quantitative estimate of drug-likeness (QED) is 0.840. The highest BCUT2D eigenvalue weighted by Crippen LogP contribution is 2.28. The summed E-state index contributed by atoms with van der Waals surface area (Å²) in [6.07, 6.45) is 0.401. The number of aliphatic hydroxyl groups excluding tert-OH is 2. The molecule has 0 radical (unpaired) electrons. The number of nitrogens with zero attached hydrogens (tertiary/aromatic N) is 2. The molecule has 19 heavy (non-hydrogen) atoms. The van der Waals surface area contributed by atoms with Crippen LogP contribution in [0.4, 0.5) is 0 Å². The van der Waals surface area contributed by atoms with Gasteiger partial charge < -0.3 is 19.5 Å². The number of ether oxygens (including phenoxy) is 1. The van der Waals surface area contributed by atoms with Gasteiger partial charge in [0.15, 0.2) is 0 Å². The third kappa shape index (κ3) is 3.10. The highest BCUT2D eigenvalue weighted by Gasteiger charge is 2.12. The topological polar surface area (TPSA) is 88.6 Å². The van der Waals surface area contributed by atoms with Crippen molar-refractivity contribution in [1.82, 2.24) is 10.1 Å². The Kier molecular flexibility index (Phi) is 4.13. The van der Waals surface area contributed by atoms with E-state index in [4.69, 9.17) is 14.4 Å². The van der Waals surface area contributed by atoms with Crippen molar-refractivity contribution in [3.05, 3.63) is 29.7 Å². The van der Waals surface area contributed by atoms with E-state index in [0.29, 0.717) is 11.6 Å². The molecule has 6 heteroatoms. The highest BCUT2D eigenvalue weighted by molar-refractivity contribution is 5.60. The summed E-state index contributed by atoms with van der Waals surface area (Å²) in [6, 6.07) is 3.77. The fourth-order valence-corrected chi connectivity index (χ4v) is 1.84. The zero-order chi connectivity index (χ0) is 13.8. The number of hydrogen-bond donors (Lipinski definition) is 2. The summed E-state index contributed by atoms with van der Waals surface area (Å²) in [7, 11) is 0. The normalized spacial score (nSPS) is 12.4. The summed E-state index contributed by atoms with van der Waals surface area (Å²) in [6.45, 7) is 3.53. The van der Waals surface area contributed by atoms with Crippen LogP contribution in [-0.2, 0) is 0 Å². The fraction of sp³-hybridized carbons (Fsp3) is 0.385. The second-order valence-corrected chi connectivity index (χ2v) is 4.34. The fourth-order valence-electron chi connectivity index (χ4n) is 1.84. The van der Waals surface area contributed by atoms with Crippen LogP contribution in [0, 0.1) is 13.8 Å². The molecule has 1 aromatic carbocycles. The Morgan fingerprint density at radius 3 is 2.53 bits per heavy atom. The van der Waals surface area contributed by atoms with Crippen molar-refractivity contribution in [2.75, 3.05) is 13.2 Å². The number of rotatable bonds is 5. The third-order valence-corrected chi connectivity index (χ3v) is 2.71. The lowest BCUT2D eigenvalue weighted by Gasteiger charge is -2.15. The lowest BCUT2D eigenvalue weighted by atomic mass is 10.1. The minimum atomic E-state index is -0.879. The minimum absolute atomic E-state index is 0.0553. The Hall–Kier alpha value is -1.92. The van der Waals surface area contributed by atoms with Gasteiger partial charge in [0.05, 0.1) is 6.61 Å². The smallest absolute Gasteiger partial charge is 0.214 e. The van der Waals surface area contributed by atoms with Gasteiger partial charge in [-0.05, 0) is 37.1 Å². The molecule has 0 aliphatic carbocycles. The van der Waals surface area contributed by atoms with E-state index in [1.807, 2.05) is 26.0 Å². The number of aryl methyl sites for hydroxylation is 2. The van der Waals surface area contributed by atoms with Crippen LogP contribution in [0.5, 0.6) is 5.75 Å². The Morgan fingerprint density at radius 1 is 1.32 bits per heavy atom. The maximum absolute atomic E-state index is 9.30. The van der Waals surface area contributed by atoms with Gasteiger partial charge in [0.2, 0.25) is 12.2 Å². The standard InChI is InChI=1S/C13H16N2O4/c1-8-3-10(13-14-7-19-15-13)4-9(2)12(8)18-6-11(17)5-16/h3-4,7,11,16-17H,5-6H2,1-2H3/t11-/m0/s1. The number of aromatic nitrogens is 2. The molecule has 1 aromatic heterocycles. The van der Waals surface area contributed by atoms with Gasteiger partial charge in [-0.25, -0.2) is 0 Å². The second kappa shape index (κ2) is 5.81. The molecular formula is C13H16N2O4. The van der Waals surface area contributed by atoms with Gasteiger partial charge in [-0.1, -0.05) is 5.16 Å². The molecule has 2 aromatic rings. The van der Waals surface area contributed by atoms with Crippen LogP contribution in [0.1, 0.15) is 11.1 Å². The number of aliphatic hydroxyl groups is 2. The van der Waals surface area contributed by atoms with Gasteiger partial charge in [-0.3, -0.25) is 0 Å². The molecular weight excluding hydrogens is 248 g/mol. The molecule has 0 amide bonds. The molecule has 0 unspecified atom stereocenters. The maximum atomic E-state index is 9.30. The van der Waals surface area contributed by atoms with Crippen LogP contribution in [0.2, 0.25) is 0 Å². The predicted octanol–water partition coefficient (Wildman–Crippen LogP) is 1.09. The van der Waals surface area contributed by atoms with Gasteiger partial charge in [0.1, 0.15) is 18.5 Å². The van der Waals surface area contributed by atoms with Gasteiger partial charge in [-0.15, -0.1) is 0 Å². The van der Waals surface area contributed by atoms with E-state index in [-0.39, 0.29) is 13.2 Å². The van der Waals surface area contributed by atoms with Crippen LogP contribution in [-0.4, -0.2) is 39.7 Å². The molecule has 0 aliphatic rings. The van der Waals surface area contributed by atoms with Gasteiger partial charge >= 0.3 is 0 Å². The average molecular weight is 264 g/mol. The van der Waals surface area contributed by atoms with Crippen LogP contribution in [0.15, 0.2) is 23.0 Å². The SMILES string of the molecule is Cc1cc(-c2ncon2)cc(C)c1OC[C@@H](O)CO. The van der Waals surface area contributed by atoms with E-state index in [1.165, 1.54) is 6.39 Å². The van der Waals surface area contributed by atoms with Gasteiger partial charge in [0.25, 0.3) is 0 Å². The molecule has 2 N–H and O–H groups in total. The molecule has 0 aliphatic heterocycles. The zero-order valence-corrected chi connectivity index (χ0v) is 10.8. The highest BCUT2D eigenvalue weighted by atomic mass is 16.5. The van der Waals surface area contributed by atoms with Gasteiger partial charge in [-0.2, -0.15) is 4.98 Å². The van der Waals surface area contributed by atoms with Gasteiger partial charge in [0, 0.05) is 5.56 Å². The van der Waals surface area contributed by atoms with E-state index in [2.05, 4.69) is 10.1 Å². The molecule has 2 rings (SSSR count). The number of hydrogen-bond acceptors (Lipinski definition) is 6. The summed E-state index contributed by atoms with van der Waals surface area (Å²) < 4.78 is 10.2. The largest absolute Gasteiger partial charge is 0.490 e. The molecule has 6 nitrogen and oxygen atoms in total. The minimum Gasteiger partial charge on any atom is -0.490 e. The summed E-state index contributed by atoms with van der Waals surface area (Å²) in [4.78, 5) is 3.99. The van der Waals surface area contributed by atoms with Crippen LogP contribution in [0.3, 0.4) is 0 Å². The monoisotopic (exact) mass is 264 g/mol. The van der Waals surface area contributed by atoms with E-state index >= 15 is 0 Å². The van der Waals surface area contributed by atoms with Crippen molar-refractivity contribution in [1.29, 1.82) is 0 Å². The summed E-state index contributed by atoms with van der Waals surface area (Å²) in [5.41, 5.74) is 2.66. The van der Waals surface area contributed by atoms with E-state index in [0.717, 1.165) is 16.7 Å². The van der Waals surface area contributed by atoms with E-state index < -0.39 is 6.10 Å². The number of benzene rings is 1. The molecule has 102 valence electrons. The summed E-state index contributed by atoms with van der Waals surface area (Å²) in [5.74, 6) is 1.22. The zero-order valence-electron chi connectivity index (χ0n) is 10.8. The van der Waals surface area contributed by atoms with E-state index in [1.54, 1.807) is 0 Å². The Bertz CT molecular complexity index is 517. The average Bonchev–Trinajstić information content (AvgIpc) is 2.91. The maximum Gasteiger partial charge on any atom is 0.214 e. The van der Waals surface area contributed by atoms with Crippen molar-refractivity contribution < 1.29 is 19.5 Å². The lowest BCUT2D eigenvalue weighted by Crippen LogP contribution is -2.21. The molecule has 0 bridgehead atoms. The van der Waals surface area contributed by atoms with Crippen molar-refractivity contribution in [2.45, 2.75) is 20.0 Å². The van der Waals surface area contributed by atoms with Crippen molar-refractivity contribution >= 4 is 0 Å². The first kappa shape index (κ1) is 13.5. The second-order valence-electron chi connectivity index (χ2n) is 4.34. The Labute approximate surface area is 110 Å². The third-order valence-electron chi connectivity index (χ3n) is 2.71. The van der Waals surface area contributed by atoms with Crippen LogP contribution < -0.4 is 4.74 Å². The van der Waals surface area contributed by atoms with E-state index in [9.17, 15) is 5.11 Å². The molecule has 0 fully saturated rings. The molecule has 1 heterocycles. The lowest BCUT2D eigenvalue weighted by molar-refractivity contribution is 0.0532. The molecule has 0 saturated heterocycles. The van der Waals surface area contributed by atoms with Crippen LogP contribution in [0.25, 0.3) is 11.4 Å². The first-order valence-corrected chi connectivity index (χ1v) is 5.91. The summed E-state index contributed by atoms with van der Waals surface area (Å²) in [5, 5.41) is 21.8. The Morgan fingerprint density at radius 2 is 2.00 bits per heavy atom.